The maximum absolute atomic E-state index is 9.80. The normalized spacial score (nSPS) is 25.9. The van der Waals surface area contributed by atoms with E-state index in [-0.39, 0.29) is 12.1 Å². The van der Waals surface area contributed by atoms with Gasteiger partial charge in [-0.3, -0.25) is 0 Å². The molecule has 2 rings (SSSR count). The van der Waals surface area contributed by atoms with Crippen LogP contribution in [0.1, 0.15) is 39.2 Å². The lowest BCUT2D eigenvalue weighted by Gasteiger charge is -2.33. The van der Waals surface area contributed by atoms with Crippen molar-refractivity contribution in [3.8, 4) is 0 Å². The summed E-state index contributed by atoms with van der Waals surface area (Å²) in [5.41, 5.74) is 2.30. The Hall–Kier alpha value is -1.12. The van der Waals surface area contributed by atoms with Crippen LogP contribution in [0.3, 0.4) is 0 Å². The number of nitrogens with one attached hydrogen (secondary N) is 1. The number of hydrogen-bond acceptors (Lipinski definition) is 2. The standard InChI is InChI=1S/C18H27NO/c1-14-9-15(2)11-16(10-14)12-19-18(3,13-20)17-7-5-4-6-8-17/h4-9,14,16,19-20H,10-13H2,1-3H3. The number of aliphatic hydroxyl groups is 1. The van der Waals surface area contributed by atoms with Gasteiger partial charge in [-0.15, -0.1) is 0 Å². The van der Waals surface area contributed by atoms with Crippen LogP contribution in [-0.4, -0.2) is 18.3 Å². The Labute approximate surface area is 122 Å². The van der Waals surface area contributed by atoms with E-state index < -0.39 is 0 Å². The molecular formula is C18H27NO. The highest BCUT2D eigenvalue weighted by atomic mass is 16.3. The smallest absolute Gasteiger partial charge is 0.0652 e. The molecule has 110 valence electrons. The molecule has 0 fully saturated rings. The second kappa shape index (κ2) is 6.55. The van der Waals surface area contributed by atoms with Crippen LogP contribution in [0.2, 0.25) is 0 Å². The van der Waals surface area contributed by atoms with Crippen molar-refractivity contribution in [3.05, 3.63) is 47.5 Å². The molecule has 2 heteroatoms. The van der Waals surface area contributed by atoms with E-state index in [0.717, 1.165) is 12.1 Å². The van der Waals surface area contributed by atoms with Gasteiger partial charge in [0.2, 0.25) is 0 Å². The lowest BCUT2D eigenvalue weighted by Crippen LogP contribution is -2.45. The summed E-state index contributed by atoms with van der Waals surface area (Å²) in [5.74, 6) is 1.34. The molecule has 1 aliphatic carbocycles. The maximum atomic E-state index is 9.80. The van der Waals surface area contributed by atoms with Gasteiger partial charge in [0, 0.05) is 0 Å². The van der Waals surface area contributed by atoms with Crippen LogP contribution in [-0.2, 0) is 5.54 Å². The molecule has 0 aliphatic heterocycles. The largest absolute Gasteiger partial charge is 0.394 e. The quantitative estimate of drug-likeness (QED) is 0.805. The van der Waals surface area contributed by atoms with Crippen LogP contribution in [0.25, 0.3) is 0 Å². The molecule has 0 bridgehead atoms. The first-order valence-electron chi connectivity index (χ1n) is 7.62. The van der Waals surface area contributed by atoms with Crippen molar-refractivity contribution in [2.24, 2.45) is 11.8 Å². The van der Waals surface area contributed by atoms with E-state index in [1.807, 2.05) is 18.2 Å². The molecule has 2 N–H and O–H groups in total. The summed E-state index contributed by atoms with van der Waals surface area (Å²) in [6, 6.07) is 10.2. The van der Waals surface area contributed by atoms with E-state index in [1.165, 1.54) is 18.4 Å². The Morgan fingerprint density at radius 1 is 1.30 bits per heavy atom. The second-order valence-corrected chi connectivity index (χ2v) is 6.53. The molecule has 0 radical (unpaired) electrons. The van der Waals surface area contributed by atoms with Gasteiger partial charge in [0.05, 0.1) is 12.1 Å². The Morgan fingerprint density at radius 3 is 2.60 bits per heavy atom. The molecule has 20 heavy (non-hydrogen) atoms. The first kappa shape index (κ1) is 15.3. The number of benzene rings is 1. The topological polar surface area (TPSA) is 32.3 Å². The molecule has 0 aromatic heterocycles. The molecule has 0 spiro atoms. The van der Waals surface area contributed by atoms with Gasteiger partial charge in [-0.25, -0.2) is 0 Å². The van der Waals surface area contributed by atoms with E-state index in [0.29, 0.717) is 11.8 Å². The van der Waals surface area contributed by atoms with Gasteiger partial charge in [0.15, 0.2) is 0 Å². The third-order valence-electron chi connectivity index (χ3n) is 4.39. The van der Waals surface area contributed by atoms with E-state index in [4.69, 9.17) is 0 Å². The highest BCUT2D eigenvalue weighted by Gasteiger charge is 2.27. The van der Waals surface area contributed by atoms with Crippen molar-refractivity contribution in [1.29, 1.82) is 0 Å². The molecular weight excluding hydrogens is 246 g/mol. The number of aliphatic hydroxyl groups excluding tert-OH is 1. The van der Waals surface area contributed by atoms with Gasteiger partial charge in [0.1, 0.15) is 0 Å². The van der Waals surface area contributed by atoms with Gasteiger partial charge in [-0.2, -0.15) is 0 Å². The predicted octanol–water partition coefficient (Wildman–Crippen LogP) is 3.48. The first-order chi connectivity index (χ1) is 9.53. The Bertz CT molecular complexity index is 454. The summed E-state index contributed by atoms with van der Waals surface area (Å²) < 4.78 is 0. The molecule has 3 unspecified atom stereocenters. The Kier molecular flexibility index (Phi) is 5.00. The molecule has 1 aromatic carbocycles. The SMILES string of the molecule is CC1=CC(C)CC(CNC(C)(CO)c2ccccc2)C1. The zero-order chi connectivity index (χ0) is 14.6. The van der Waals surface area contributed by atoms with Gasteiger partial charge in [0.25, 0.3) is 0 Å². The summed E-state index contributed by atoms with van der Waals surface area (Å²) in [5, 5.41) is 13.4. The molecule has 2 nitrogen and oxygen atoms in total. The molecule has 1 aliphatic rings. The van der Waals surface area contributed by atoms with E-state index >= 15 is 0 Å². The molecule has 0 amide bonds. The van der Waals surface area contributed by atoms with Crippen molar-refractivity contribution in [1.82, 2.24) is 5.32 Å². The fourth-order valence-corrected chi connectivity index (χ4v) is 3.27. The van der Waals surface area contributed by atoms with Gasteiger partial charge in [-0.1, -0.05) is 48.9 Å². The van der Waals surface area contributed by atoms with Crippen molar-refractivity contribution >= 4 is 0 Å². The second-order valence-electron chi connectivity index (χ2n) is 6.53. The van der Waals surface area contributed by atoms with Gasteiger partial charge < -0.3 is 10.4 Å². The molecule has 1 aromatic rings. The average molecular weight is 273 g/mol. The minimum atomic E-state index is -0.348. The fraction of sp³-hybridized carbons (Fsp3) is 0.556. The Balaban J connectivity index is 1.99. The van der Waals surface area contributed by atoms with Crippen molar-refractivity contribution in [3.63, 3.8) is 0 Å². The number of hydrogen-bond donors (Lipinski definition) is 2. The Morgan fingerprint density at radius 2 is 2.00 bits per heavy atom. The van der Waals surface area contributed by atoms with Crippen LogP contribution in [0.4, 0.5) is 0 Å². The van der Waals surface area contributed by atoms with Gasteiger partial charge in [-0.05, 0) is 50.6 Å². The summed E-state index contributed by atoms with van der Waals surface area (Å²) in [6.07, 6.45) is 4.80. The zero-order valence-electron chi connectivity index (χ0n) is 12.9. The van der Waals surface area contributed by atoms with Crippen LogP contribution in [0.15, 0.2) is 42.0 Å². The highest BCUT2D eigenvalue weighted by molar-refractivity contribution is 5.23. The number of rotatable bonds is 5. The summed E-state index contributed by atoms with van der Waals surface area (Å²) in [4.78, 5) is 0. The lowest BCUT2D eigenvalue weighted by molar-refractivity contribution is 0.166. The molecule has 3 atom stereocenters. The number of allylic oxidation sites excluding steroid dienone is 2. The van der Waals surface area contributed by atoms with Crippen LogP contribution in [0, 0.1) is 11.8 Å². The van der Waals surface area contributed by atoms with Crippen LogP contribution in [0.5, 0.6) is 0 Å². The van der Waals surface area contributed by atoms with Crippen LogP contribution < -0.4 is 5.32 Å². The third-order valence-corrected chi connectivity index (χ3v) is 4.39. The minimum absolute atomic E-state index is 0.119. The first-order valence-corrected chi connectivity index (χ1v) is 7.62. The van der Waals surface area contributed by atoms with E-state index in [9.17, 15) is 5.11 Å². The zero-order valence-corrected chi connectivity index (χ0v) is 12.9. The predicted molar refractivity (Wildman–Crippen MR) is 84.5 cm³/mol. The van der Waals surface area contributed by atoms with E-state index in [1.54, 1.807) is 0 Å². The highest BCUT2D eigenvalue weighted by Crippen LogP contribution is 2.28. The van der Waals surface area contributed by atoms with Crippen LogP contribution >= 0.6 is 0 Å². The monoisotopic (exact) mass is 273 g/mol. The lowest BCUT2D eigenvalue weighted by atomic mass is 9.83. The maximum Gasteiger partial charge on any atom is 0.0652 e. The minimum Gasteiger partial charge on any atom is -0.394 e. The average Bonchev–Trinajstić information content (AvgIpc) is 2.45. The summed E-state index contributed by atoms with van der Waals surface area (Å²) in [6.45, 7) is 7.68. The van der Waals surface area contributed by atoms with Crippen molar-refractivity contribution in [2.45, 2.75) is 39.2 Å². The summed E-state index contributed by atoms with van der Waals surface area (Å²) in [7, 11) is 0. The molecule has 0 saturated heterocycles. The fourth-order valence-electron chi connectivity index (χ4n) is 3.27. The summed E-state index contributed by atoms with van der Waals surface area (Å²) >= 11 is 0. The van der Waals surface area contributed by atoms with Crippen molar-refractivity contribution in [2.75, 3.05) is 13.2 Å². The third kappa shape index (κ3) is 3.71. The van der Waals surface area contributed by atoms with Gasteiger partial charge >= 0.3 is 0 Å². The van der Waals surface area contributed by atoms with E-state index in [2.05, 4.69) is 44.3 Å². The van der Waals surface area contributed by atoms with Crippen molar-refractivity contribution < 1.29 is 5.11 Å². The molecule has 0 saturated carbocycles. The molecule has 0 heterocycles.